The summed E-state index contributed by atoms with van der Waals surface area (Å²) in [5, 5.41) is 2.72. The molecule has 0 aliphatic carbocycles. The SMILES string of the molecule is Nc1ccc(CNC(=O)c2ccc(Br)c(F)c2)cc1. The average molecular weight is 323 g/mol. The highest BCUT2D eigenvalue weighted by atomic mass is 79.9. The molecule has 3 nitrogen and oxygen atoms in total. The predicted octanol–water partition coefficient (Wildman–Crippen LogP) is 3.10. The molecule has 1 amide bonds. The zero-order valence-corrected chi connectivity index (χ0v) is 11.6. The normalized spacial score (nSPS) is 10.2. The van der Waals surface area contributed by atoms with E-state index in [-0.39, 0.29) is 11.5 Å². The highest BCUT2D eigenvalue weighted by Gasteiger charge is 2.08. The first-order valence-electron chi connectivity index (χ1n) is 5.64. The standard InChI is InChI=1S/C14H12BrFN2O/c15-12-6-3-10(7-13(12)16)14(19)18-8-9-1-4-11(17)5-2-9/h1-7H,8,17H2,(H,18,19). The van der Waals surface area contributed by atoms with Crippen LogP contribution in [0.15, 0.2) is 46.9 Å². The van der Waals surface area contributed by atoms with Crippen LogP contribution in [0, 0.1) is 5.82 Å². The molecule has 0 atom stereocenters. The number of carbonyl (C=O) groups excluding carboxylic acids is 1. The van der Waals surface area contributed by atoms with E-state index in [2.05, 4.69) is 21.2 Å². The van der Waals surface area contributed by atoms with Gasteiger partial charge in [0, 0.05) is 17.8 Å². The molecule has 2 aromatic carbocycles. The number of nitrogens with two attached hydrogens (primary N) is 1. The van der Waals surface area contributed by atoms with Crippen LogP contribution in [0.2, 0.25) is 0 Å². The molecule has 0 aliphatic rings. The highest BCUT2D eigenvalue weighted by Crippen LogP contribution is 2.16. The molecule has 0 aromatic heterocycles. The fourth-order valence-corrected chi connectivity index (χ4v) is 1.80. The van der Waals surface area contributed by atoms with Crippen molar-refractivity contribution in [3.05, 3.63) is 63.9 Å². The van der Waals surface area contributed by atoms with E-state index in [1.807, 2.05) is 12.1 Å². The first-order valence-corrected chi connectivity index (χ1v) is 6.43. The lowest BCUT2D eigenvalue weighted by Crippen LogP contribution is -2.22. The van der Waals surface area contributed by atoms with Crippen molar-refractivity contribution in [1.82, 2.24) is 5.32 Å². The number of carbonyl (C=O) groups is 1. The number of halogens is 2. The van der Waals surface area contributed by atoms with Gasteiger partial charge in [0.15, 0.2) is 0 Å². The van der Waals surface area contributed by atoms with E-state index in [0.29, 0.717) is 16.7 Å². The third-order valence-corrected chi connectivity index (χ3v) is 3.26. The van der Waals surface area contributed by atoms with Crippen molar-refractivity contribution >= 4 is 27.5 Å². The molecular weight excluding hydrogens is 311 g/mol. The minimum Gasteiger partial charge on any atom is -0.399 e. The molecule has 5 heteroatoms. The predicted molar refractivity (Wildman–Crippen MR) is 76.1 cm³/mol. The highest BCUT2D eigenvalue weighted by molar-refractivity contribution is 9.10. The number of amides is 1. The van der Waals surface area contributed by atoms with Gasteiger partial charge >= 0.3 is 0 Å². The summed E-state index contributed by atoms with van der Waals surface area (Å²) < 4.78 is 13.6. The van der Waals surface area contributed by atoms with Crippen LogP contribution in [-0.2, 0) is 6.54 Å². The van der Waals surface area contributed by atoms with Crippen molar-refractivity contribution in [3.8, 4) is 0 Å². The minimum atomic E-state index is -0.458. The van der Waals surface area contributed by atoms with Crippen molar-refractivity contribution in [1.29, 1.82) is 0 Å². The van der Waals surface area contributed by atoms with Gasteiger partial charge in [0.25, 0.3) is 5.91 Å². The van der Waals surface area contributed by atoms with E-state index in [9.17, 15) is 9.18 Å². The molecule has 0 heterocycles. The maximum absolute atomic E-state index is 13.3. The minimum absolute atomic E-state index is 0.288. The second kappa shape index (κ2) is 5.84. The molecule has 0 radical (unpaired) electrons. The Morgan fingerprint density at radius 1 is 1.21 bits per heavy atom. The van der Waals surface area contributed by atoms with Crippen LogP contribution in [0.3, 0.4) is 0 Å². The molecule has 0 saturated carbocycles. The van der Waals surface area contributed by atoms with Crippen LogP contribution in [0.25, 0.3) is 0 Å². The van der Waals surface area contributed by atoms with Gasteiger partial charge in [-0.05, 0) is 51.8 Å². The van der Waals surface area contributed by atoms with Crippen LogP contribution < -0.4 is 11.1 Å². The number of nitrogens with one attached hydrogen (secondary N) is 1. The molecule has 0 aliphatic heterocycles. The Hall–Kier alpha value is -1.88. The van der Waals surface area contributed by atoms with E-state index in [1.165, 1.54) is 12.1 Å². The first kappa shape index (κ1) is 13.5. The van der Waals surface area contributed by atoms with Crippen LogP contribution in [0.5, 0.6) is 0 Å². The van der Waals surface area contributed by atoms with E-state index < -0.39 is 5.82 Å². The van der Waals surface area contributed by atoms with Gasteiger partial charge in [-0.3, -0.25) is 4.79 Å². The maximum Gasteiger partial charge on any atom is 0.251 e. The molecular formula is C14H12BrFN2O. The molecule has 0 unspecified atom stereocenters. The molecule has 0 fully saturated rings. The molecule has 19 heavy (non-hydrogen) atoms. The fourth-order valence-electron chi connectivity index (χ4n) is 1.56. The van der Waals surface area contributed by atoms with Crippen LogP contribution in [0.4, 0.5) is 10.1 Å². The number of nitrogen functional groups attached to an aromatic ring is 1. The summed E-state index contributed by atoms with van der Waals surface area (Å²) in [5.41, 5.74) is 7.46. The lowest BCUT2D eigenvalue weighted by Gasteiger charge is -2.06. The van der Waals surface area contributed by atoms with E-state index in [4.69, 9.17) is 5.73 Å². The summed E-state index contributed by atoms with van der Waals surface area (Å²) in [5.74, 6) is -0.775. The Labute approximate surface area is 118 Å². The Kier molecular flexibility index (Phi) is 4.16. The van der Waals surface area contributed by atoms with Gasteiger partial charge in [0.05, 0.1) is 4.47 Å². The number of rotatable bonds is 3. The van der Waals surface area contributed by atoms with Crippen molar-refractivity contribution < 1.29 is 9.18 Å². The Balaban J connectivity index is 2.01. The van der Waals surface area contributed by atoms with E-state index in [1.54, 1.807) is 18.2 Å². The van der Waals surface area contributed by atoms with Gasteiger partial charge in [0.1, 0.15) is 5.82 Å². The average Bonchev–Trinajstić information content (AvgIpc) is 2.41. The smallest absolute Gasteiger partial charge is 0.251 e. The topological polar surface area (TPSA) is 55.1 Å². The van der Waals surface area contributed by atoms with Crippen molar-refractivity contribution in [2.45, 2.75) is 6.54 Å². The summed E-state index contributed by atoms with van der Waals surface area (Å²) in [6.45, 7) is 0.372. The summed E-state index contributed by atoms with van der Waals surface area (Å²) in [4.78, 5) is 11.8. The van der Waals surface area contributed by atoms with Crippen LogP contribution in [0.1, 0.15) is 15.9 Å². The van der Waals surface area contributed by atoms with Crippen LogP contribution >= 0.6 is 15.9 Å². The third kappa shape index (κ3) is 3.54. The van der Waals surface area contributed by atoms with Crippen LogP contribution in [-0.4, -0.2) is 5.91 Å². The second-order valence-electron chi connectivity index (χ2n) is 4.05. The summed E-state index contributed by atoms with van der Waals surface area (Å²) in [6.07, 6.45) is 0. The lowest BCUT2D eigenvalue weighted by molar-refractivity contribution is 0.0950. The number of benzene rings is 2. The van der Waals surface area contributed by atoms with E-state index >= 15 is 0 Å². The monoisotopic (exact) mass is 322 g/mol. The van der Waals surface area contributed by atoms with Gasteiger partial charge in [-0.2, -0.15) is 0 Å². The van der Waals surface area contributed by atoms with Crippen molar-refractivity contribution in [3.63, 3.8) is 0 Å². The molecule has 2 rings (SSSR count). The fraction of sp³-hybridized carbons (Fsp3) is 0.0714. The lowest BCUT2D eigenvalue weighted by atomic mass is 10.2. The third-order valence-electron chi connectivity index (χ3n) is 2.61. The van der Waals surface area contributed by atoms with Gasteiger partial charge in [0.2, 0.25) is 0 Å². The zero-order valence-electron chi connectivity index (χ0n) is 9.99. The van der Waals surface area contributed by atoms with Gasteiger partial charge in [-0.15, -0.1) is 0 Å². The summed E-state index contributed by atoms with van der Waals surface area (Å²) >= 11 is 3.04. The quantitative estimate of drug-likeness (QED) is 0.853. The summed E-state index contributed by atoms with van der Waals surface area (Å²) in [7, 11) is 0. The largest absolute Gasteiger partial charge is 0.399 e. The van der Waals surface area contributed by atoms with Crippen molar-refractivity contribution in [2.24, 2.45) is 0 Å². The second-order valence-corrected chi connectivity index (χ2v) is 4.91. The molecule has 0 saturated heterocycles. The molecule has 2 aromatic rings. The van der Waals surface area contributed by atoms with Gasteiger partial charge < -0.3 is 11.1 Å². The number of hydrogen-bond acceptors (Lipinski definition) is 2. The number of hydrogen-bond donors (Lipinski definition) is 2. The molecule has 0 spiro atoms. The Morgan fingerprint density at radius 2 is 1.89 bits per heavy atom. The maximum atomic E-state index is 13.3. The Bertz CT molecular complexity index is 599. The van der Waals surface area contributed by atoms with Gasteiger partial charge in [-0.25, -0.2) is 4.39 Å². The molecule has 0 bridgehead atoms. The van der Waals surface area contributed by atoms with E-state index in [0.717, 1.165) is 5.56 Å². The molecule has 98 valence electrons. The summed E-state index contributed by atoms with van der Waals surface area (Å²) in [6, 6.07) is 11.5. The Morgan fingerprint density at radius 3 is 2.53 bits per heavy atom. The number of anilines is 1. The zero-order chi connectivity index (χ0) is 13.8. The first-order chi connectivity index (χ1) is 9.06. The molecule has 3 N–H and O–H groups in total. The van der Waals surface area contributed by atoms with Crippen molar-refractivity contribution in [2.75, 3.05) is 5.73 Å². The van der Waals surface area contributed by atoms with Gasteiger partial charge in [-0.1, -0.05) is 12.1 Å².